The summed E-state index contributed by atoms with van der Waals surface area (Å²) in [5.41, 5.74) is 9.36. The van der Waals surface area contributed by atoms with Gasteiger partial charge in [-0.1, -0.05) is 24.3 Å². The van der Waals surface area contributed by atoms with E-state index in [9.17, 15) is 4.79 Å². The third kappa shape index (κ3) is 2.18. The average Bonchev–Trinajstić information content (AvgIpc) is 2.38. The molecule has 0 fully saturated rings. The first-order chi connectivity index (χ1) is 8.63. The molecule has 0 saturated carbocycles. The van der Waals surface area contributed by atoms with Crippen LogP contribution in [0.4, 0.5) is 5.69 Å². The van der Waals surface area contributed by atoms with Crippen molar-refractivity contribution < 1.29 is 9.53 Å². The third-order valence-corrected chi connectivity index (χ3v) is 2.75. The maximum Gasteiger partial charge on any atom is 0.358 e. The van der Waals surface area contributed by atoms with E-state index < -0.39 is 5.97 Å². The Bertz CT molecular complexity index is 594. The molecule has 4 nitrogen and oxygen atoms in total. The molecule has 0 amide bonds. The number of aromatic nitrogens is 1. The molecule has 2 N–H and O–H groups in total. The first-order valence-electron chi connectivity index (χ1n) is 5.53. The summed E-state index contributed by atoms with van der Waals surface area (Å²) >= 11 is 0. The number of nitrogens with two attached hydrogens (primary N) is 1. The van der Waals surface area contributed by atoms with E-state index in [0.29, 0.717) is 5.69 Å². The number of rotatable bonds is 2. The maximum atomic E-state index is 11.4. The monoisotopic (exact) mass is 242 g/mol. The van der Waals surface area contributed by atoms with Gasteiger partial charge in [0, 0.05) is 11.8 Å². The van der Waals surface area contributed by atoms with E-state index >= 15 is 0 Å². The highest BCUT2D eigenvalue weighted by molar-refractivity contribution is 5.93. The summed E-state index contributed by atoms with van der Waals surface area (Å²) < 4.78 is 4.60. The minimum Gasteiger partial charge on any atom is -0.464 e. The Morgan fingerprint density at radius 1 is 1.33 bits per heavy atom. The number of methoxy groups -OCH3 is 1. The fourth-order valence-electron chi connectivity index (χ4n) is 1.79. The fourth-order valence-corrected chi connectivity index (χ4v) is 1.79. The van der Waals surface area contributed by atoms with Gasteiger partial charge in [0.15, 0.2) is 5.69 Å². The largest absolute Gasteiger partial charge is 0.464 e. The van der Waals surface area contributed by atoms with Crippen molar-refractivity contribution in [2.24, 2.45) is 0 Å². The summed E-state index contributed by atoms with van der Waals surface area (Å²) in [6, 6.07) is 9.66. The number of hydrogen-bond donors (Lipinski definition) is 1. The molecule has 0 aliphatic rings. The van der Waals surface area contributed by atoms with Crippen LogP contribution in [-0.2, 0) is 4.74 Å². The molecule has 18 heavy (non-hydrogen) atoms. The van der Waals surface area contributed by atoms with Gasteiger partial charge in [0.25, 0.3) is 0 Å². The lowest BCUT2D eigenvalue weighted by Crippen LogP contribution is -2.08. The molecule has 0 aliphatic carbocycles. The van der Waals surface area contributed by atoms with Crippen LogP contribution < -0.4 is 5.73 Å². The molecular formula is C14H14N2O2. The highest BCUT2D eigenvalue weighted by Gasteiger charge is 2.13. The highest BCUT2D eigenvalue weighted by atomic mass is 16.5. The van der Waals surface area contributed by atoms with Crippen LogP contribution >= 0.6 is 0 Å². The number of anilines is 1. The van der Waals surface area contributed by atoms with Gasteiger partial charge >= 0.3 is 5.97 Å². The smallest absolute Gasteiger partial charge is 0.358 e. The zero-order valence-corrected chi connectivity index (χ0v) is 10.3. The number of benzene rings is 1. The van der Waals surface area contributed by atoms with Crippen LogP contribution in [0.25, 0.3) is 11.1 Å². The van der Waals surface area contributed by atoms with Gasteiger partial charge in [-0.3, -0.25) is 0 Å². The molecule has 0 radical (unpaired) electrons. The number of nitrogens with zero attached hydrogens (tertiary/aromatic N) is 1. The Morgan fingerprint density at radius 3 is 2.67 bits per heavy atom. The molecule has 1 aromatic carbocycles. The second-order valence-electron chi connectivity index (χ2n) is 3.97. The molecule has 0 bridgehead atoms. The van der Waals surface area contributed by atoms with E-state index in [2.05, 4.69) is 9.72 Å². The molecule has 2 aromatic rings. The fraction of sp³-hybridized carbons (Fsp3) is 0.143. The van der Waals surface area contributed by atoms with Crippen molar-refractivity contribution in [3.05, 3.63) is 47.8 Å². The SMILES string of the molecule is COC(=O)c1ncc(-c2ccccc2C)cc1N. The first-order valence-corrected chi connectivity index (χ1v) is 5.53. The highest BCUT2D eigenvalue weighted by Crippen LogP contribution is 2.25. The Kier molecular flexibility index (Phi) is 3.28. The van der Waals surface area contributed by atoms with E-state index in [1.54, 1.807) is 12.3 Å². The molecule has 1 heterocycles. The predicted octanol–water partition coefficient (Wildman–Crippen LogP) is 2.43. The molecule has 0 unspecified atom stereocenters. The second-order valence-corrected chi connectivity index (χ2v) is 3.97. The normalized spacial score (nSPS) is 10.1. The first kappa shape index (κ1) is 12.1. The van der Waals surface area contributed by atoms with Crippen LogP contribution in [0.15, 0.2) is 36.5 Å². The predicted molar refractivity (Wildman–Crippen MR) is 70.2 cm³/mol. The van der Waals surface area contributed by atoms with Crippen LogP contribution in [0, 0.1) is 6.92 Å². The summed E-state index contributed by atoms with van der Waals surface area (Å²) in [7, 11) is 1.30. The van der Waals surface area contributed by atoms with Gasteiger partial charge in [0.1, 0.15) is 0 Å². The van der Waals surface area contributed by atoms with E-state index in [4.69, 9.17) is 5.73 Å². The summed E-state index contributed by atoms with van der Waals surface area (Å²) in [4.78, 5) is 15.5. The number of nitrogen functional groups attached to an aromatic ring is 1. The minimum absolute atomic E-state index is 0.148. The van der Waals surface area contributed by atoms with Crippen LogP contribution in [0.3, 0.4) is 0 Å². The number of carbonyl (C=O) groups is 1. The Hall–Kier alpha value is -2.36. The molecule has 1 aromatic heterocycles. The number of carbonyl (C=O) groups excluding carboxylic acids is 1. The van der Waals surface area contributed by atoms with Gasteiger partial charge in [-0.25, -0.2) is 9.78 Å². The zero-order chi connectivity index (χ0) is 13.1. The summed E-state index contributed by atoms with van der Waals surface area (Å²) in [6.45, 7) is 2.01. The van der Waals surface area contributed by atoms with Gasteiger partial charge in [0.2, 0.25) is 0 Å². The number of esters is 1. The van der Waals surface area contributed by atoms with Crippen LogP contribution in [0.1, 0.15) is 16.1 Å². The standard InChI is InChI=1S/C14H14N2O2/c1-9-5-3-4-6-11(9)10-7-12(15)13(16-8-10)14(17)18-2/h3-8H,15H2,1-2H3. The third-order valence-electron chi connectivity index (χ3n) is 2.75. The molecule has 92 valence electrons. The van der Waals surface area contributed by atoms with Crippen LogP contribution in [-0.4, -0.2) is 18.1 Å². The summed E-state index contributed by atoms with van der Waals surface area (Å²) in [5.74, 6) is -0.524. The van der Waals surface area contributed by atoms with Crippen molar-refractivity contribution in [2.75, 3.05) is 12.8 Å². The molecule has 0 aliphatic heterocycles. The van der Waals surface area contributed by atoms with Crippen molar-refractivity contribution >= 4 is 11.7 Å². The van der Waals surface area contributed by atoms with Crippen molar-refractivity contribution in [3.63, 3.8) is 0 Å². The molecule has 2 rings (SSSR count). The van der Waals surface area contributed by atoms with Gasteiger partial charge in [0.05, 0.1) is 12.8 Å². The van der Waals surface area contributed by atoms with E-state index in [-0.39, 0.29) is 5.69 Å². The quantitative estimate of drug-likeness (QED) is 0.821. The molecule has 4 heteroatoms. The zero-order valence-electron chi connectivity index (χ0n) is 10.3. The van der Waals surface area contributed by atoms with Crippen LogP contribution in [0.2, 0.25) is 0 Å². The molecule has 0 spiro atoms. The van der Waals surface area contributed by atoms with E-state index in [1.165, 1.54) is 7.11 Å². The lowest BCUT2D eigenvalue weighted by atomic mass is 10.0. The van der Waals surface area contributed by atoms with Crippen molar-refractivity contribution in [3.8, 4) is 11.1 Å². The molecular weight excluding hydrogens is 228 g/mol. The number of hydrogen-bond acceptors (Lipinski definition) is 4. The van der Waals surface area contributed by atoms with Crippen molar-refractivity contribution in [1.82, 2.24) is 4.98 Å². The van der Waals surface area contributed by atoms with E-state index in [1.807, 2.05) is 31.2 Å². The lowest BCUT2D eigenvalue weighted by molar-refractivity contribution is 0.0595. The van der Waals surface area contributed by atoms with E-state index in [0.717, 1.165) is 16.7 Å². The lowest BCUT2D eigenvalue weighted by Gasteiger charge is -2.08. The number of pyridine rings is 1. The number of aryl methyl sites for hydroxylation is 1. The van der Waals surface area contributed by atoms with Crippen molar-refractivity contribution in [2.45, 2.75) is 6.92 Å². The van der Waals surface area contributed by atoms with Crippen LogP contribution in [0.5, 0.6) is 0 Å². The molecule has 0 atom stereocenters. The van der Waals surface area contributed by atoms with Gasteiger partial charge in [-0.05, 0) is 24.1 Å². The average molecular weight is 242 g/mol. The second kappa shape index (κ2) is 4.87. The molecule has 0 saturated heterocycles. The van der Waals surface area contributed by atoms with Crippen molar-refractivity contribution in [1.29, 1.82) is 0 Å². The van der Waals surface area contributed by atoms with Gasteiger partial charge < -0.3 is 10.5 Å². The Balaban J connectivity index is 2.47. The topological polar surface area (TPSA) is 65.2 Å². The Morgan fingerprint density at radius 2 is 2.06 bits per heavy atom. The summed E-state index contributed by atoms with van der Waals surface area (Å²) in [6.07, 6.45) is 1.63. The van der Waals surface area contributed by atoms with Gasteiger partial charge in [-0.15, -0.1) is 0 Å². The Labute approximate surface area is 105 Å². The maximum absolute atomic E-state index is 11.4. The minimum atomic E-state index is -0.524. The summed E-state index contributed by atoms with van der Waals surface area (Å²) in [5, 5.41) is 0. The number of ether oxygens (including phenoxy) is 1. The van der Waals surface area contributed by atoms with Gasteiger partial charge in [-0.2, -0.15) is 0 Å².